The molecule has 2 aromatic rings. The number of amides is 2. The number of rotatable bonds is 12. The van der Waals surface area contributed by atoms with Crippen molar-refractivity contribution < 1.29 is 19.1 Å². The van der Waals surface area contributed by atoms with E-state index in [1.54, 1.807) is 49.6 Å². The third-order valence-electron chi connectivity index (χ3n) is 4.97. The van der Waals surface area contributed by atoms with E-state index in [0.29, 0.717) is 34.5 Å². The Morgan fingerprint density at radius 3 is 2.31 bits per heavy atom. The number of methoxy groups -OCH3 is 1. The molecule has 0 saturated heterocycles. The first-order valence-corrected chi connectivity index (χ1v) is 11.4. The summed E-state index contributed by atoms with van der Waals surface area (Å²) in [6, 6.07) is 11.5. The molecule has 0 heterocycles. The number of hydrogen-bond acceptors (Lipinski definition) is 4. The quantitative estimate of drug-likeness (QED) is 0.428. The van der Waals surface area contributed by atoms with Gasteiger partial charge in [-0.2, -0.15) is 0 Å². The van der Waals surface area contributed by atoms with Crippen LogP contribution in [0.15, 0.2) is 42.5 Å². The van der Waals surface area contributed by atoms with Gasteiger partial charge in [-0.3, -0.25) is 9.59 Å². The third kappa shape index (κ3) is 7.61. The molecule has 0 fully saturated rings. The predicted molar refractivity (Wildman–Crippen MR) is 127 cm³/mol. The fourth-order valence-electron chi connectivity index (χ4n) is 3.16. The summed E-state index contributed by atoms with van der Waals surface area (Å²) in [5, 5.41) is 3.75. The summed E-state index contributed by atoms with van der Waals surface area (Å²) in [4.78, 5) is 27.5. The van der Waals surface area contributed by atoms with E-state index < -0.39 is 6.04 Å². The van der Waals surface area contributed by atoms with Crippen LogP contribution in [-0.4, -0.2) is 43.0 Å². The van der Waals surface area contributed by atoms with Gasteiger partial charge in [0, 0.05) is 13.1 Å². The number of nitrogens with zero attached hydrogens (tertiary/aromatic N) is 1. The lowest BCUT2D eigenvalue weighted by Gasteiger charge is -2.30. The molecular weight excluding hydrogens is 451 g/mol. The van der Waals surface area contributed by atoms with E-state index in [-0.39, 0.29) is 25.0 Å². The highest BCUT2D eigenvalue weighted by molar-refractivity contribution is 6.42. The number of benzene rings is 2. The van der Waals surface area contributed by atoms with E-state index in [9.17, 15) is 9.59 Å². The Kier molecular flexibility index (Phi) is 10.6. The van der Waals surface area contributed by atoms with Crippen molar-refractivity contribution in [2.45, 2.75) is 45.7 Å². The summed E-state index contributed by atoms with van der Waals surface area (Å²) < 4.78 is 10.8. The molecule has 1 N–H and O–H groups in total. The summed E-state index contributed by atoms with van der Waals surface area (Å²) in [7, 11) is 1.58. The smallest absolute Gasteiger partial charge is 0.261 e. The molecule has 0 radical (unpaired) electrons. The molecule has 0 aliphatic rings. The predicted octanol–water partition coefficient (Wildman–Crippen LogP) is 5.10. The third-order valence-corrected chi connectivity index (χ3v) is 5.71. The number of ether oxygens (including phenoxy) is 2. The molecule has 2 amide bonds. The minimum absolute atomic E-state index is 0.182. The number of unbranched alkanes of at least 4 members (excludes halogenated alkanes) is 1. The Bertz CT molecular complexity index is 890. The lowest BCUT2D eigenvalue weighted by Crippen LogP contribution is -2.50. The second-order valence-corrected chi connectivity index (χ2v) is 8.12. The molecule has 0 bridgehead atoms. The molecule has 0 aliphatic carbocycles. The first kappa shape index (κ1) is 25.8. The van der Waals surface area contributed by atoms with Crippen LogP contribution in [0.4, 0.5) is 0 Å². The van der Waals surface area contributed by atoms with Gasteiger partial charge in [0.2, 0.25) is 5.91 Å². The van der Waals surface area contributed by atoms with Crippen molar-refractivity contribution in [1.29, 1.82) is 0 Å². The van der Waals surface area contributed by atoms with Crippen LogP contribution in [0.3, 0.4) is 0 Å². The van der Waals surface area contributed by atoms with Gasteiger partial charge in [-0.15, -0.1) is 0 Å². The Hall–Kier alpha value is -2.44. The second-order valence-electron chi connectivity index (χ2n) is 7.30. The van der Waals surface area contributed by atoms with E-state index >= 15 is 0 Å². The Balaban J connectivity index is 2.18. The average Bonchev–Trinajstić information content (AvgIpc) is 2.80. The van der Waals surface area contributed by atoms with Crippen LogP contribution in [0.1, 0.15) is 38.7 Å². The molecule has 2 rings (SSSR count). The molecular formula is C24H30Cl2N2O4. The summed E-state index contributed by atoms with van der Waals surface area (Å²) in [6.45, 7) is 4.51. The van der Waals surface area contributed by atoms with Gasteiger partial charge in [0.25, 0.3) is 5.91 Å². The molecule has 0 aromatic heterocycles. The van der Waals surface area contributed by atoms with Crippen molar-refractivity contribution in [1.82, 2.24) is 10.2 Å². The lowest BCUT2D eigenvalue weighted by molar-refractivity contribution is -0.143. The van der Waals surface area contributed by atoms with Crippen LogP contribution in [0.5, 0.6) is 11.5 Å². The van der Waals surface area contributed by atoms with Gasteiger partial charge >= 0.3 is 0 Å². The van der Waals surface area contributed by atoms with Gasteiger partial charge in [0.15, 0.2) is 6.61 Å². The van der Waals surface area contributed by atoms with E-state index in [2.05, 4.69) is 12.2 Å². The van der Waals surface area contributed by atoms with E-state index in [4.69, 9.17) is 32.7 Å². The highest BCUT2D eigenvalue weighted by Gasteiger charge is 2.29. The molecule has 32 heavy (non-hydrogen) atoms. The van der Waals surface area contributed by atoms with Crippen LogP contribution in [-0.2, 0) is 16.1 Å². The molecule has 1 atom stereocenters. The summed E-state index contributed by atoms with van der Waals surface area (Å²) in [6.07, 6.45) is 2.32. The van der Waals surface area contributed by atoms with Gasteiger partial charge < -0.3 is 19.7 Å². The van der Waals surface area contributed by atoms with Gasteiger partial charge in [0.05, 0.1) is 17.2 Å². The number of halogens is 2. The highest BCUT2D eigenvalue weighted by atomic mass is 35.5. The number of hydrogen-bond donors (Lipinski definition) is 1. The van der Waals surface area contributed by atoms with Gasteiger partial charge in [-0.25, -0.2) is 0 Å². The maximum absolute atomic E-state index is 13.2. The maximum atomic E-state index is 13.2. The van der Waals surface area contributed by atoms with E-state index in [0.717, 1.165) is 18.4 Å². The molecule has 6 nitrogen and oxygen atoms in total. The molecule has 0 aliphatic heterocycles. The number of nitrogens with one attached hydrogen (secondary N) is 1. The average molecular weight is 481 g/mol. The van der Waals surface area contributed by atoms with Crippen molar-refractivity contribution in [3.8, 4) is 11.5 Å². The zero-order valence-corrected chi connectivity index (χ0v) is 20.2. The summed E-state index contributed by atoms with van der Waals surface area (Å²) >= 11 is 12.2. The molecule has 0 unspecified atom stereocenters. The van der Waals surface area contributed by atoms with Crippen molar-refractivity contribution >= 4 is 35.0 Å². The summed E-state index contributed by atoms with van der Waals surface area (Å²) in [5.74, 6) is 0.747. The van der Waals surface area contributed by atoms with Crippen molar-refractivity contribution in [3.05, 3.63) is 58.1 Å². The lowest BCUT2D eigenvalue weighted by atomic mass is 10.1. The molecule has 174 valence electrons. The normalized spacial score (nSPS) is 11.5. The minimum Gasteiger partial charge on any atom is -0.497 e. The Morgan fingerprint density at radius 2 is 1.72 bits per heavy atom. The molecule has 0 saturated carbocycles. The topological polar surface area (TPSA) is 67.9 Å². The first-order valence-electron chi connectivity index (χ1n) is 10.7. The van der Waals surface area contributed by atoms with Gasteiger partial charge in [0.1, 0.15) is 17.5 Å². The molecule has 0 spiro atoms. The van der Waals surface area contributed by atoms with Crippen LogP contribution in [0.25, 0.3) is 0 Å². The standard InChI is InChI=1S/C24H30Cl2N2O4/c1-4-6-13-27-24(30)22(5-2)28(15-17-7-12-20(25)21(26)14-17)23(29)16-32-19-10-8-18(31-3)9-11-19/h7-12,14,22H,4-6,13,15-16H2,1-3H3,(H,27,30)/t22-/m0/s1. The zero-order chi connectivity index (χ0) is 23.5. The first-order chi connectivity index (χ1) is 15.4. The number of carbonyl (C=O) groups is 2. The second kappa shape index (κ2) is 13.2. The van der Waals surface area contributed by atoms with Gasteiger partial charge in [-0.05, 0) is 54.8 Å². The highest BCUT2D eigenvalue weighted by Crippen LogP contribution is 2.24. The molecule has 2 aromatic carbocycles. The monoisotopic (exact) mass is 480 g/mol. The van der Waals surface area contributed by atoms with Crippen LogP contribution >= 0.6 is 23.2 Å². The Morgan fingerprint density at radius 1 is 1.03 bits per heavy atom. The SMILES string of the molecule is CCCCNC(=O)[C@H](CC)N(Cc1ccc(Cl)c(Cl)c1)C(=O)COc1ccc(OC)cc1. The van der Waals surface area contributed by atoms with Gasteiger partial charge in [-0.1, -0.05) is 49.5 Å². The zero-order valence-electron chi connectivity index (χ0n) is 18.7. The number of carbonyl (C=O) groups excluding carboxylic acids is 2. The molecule has 8 heteroatoms. The fourth-order valence-corrected chi connectivity index (χ4v) is 3.48. The maximum Gasteiger partial charge on any atom is 0.261 e. The fraction of sp³-hybridized carbons (Fsp3) is 0.417. The van der Waals surface area contributed by atoms with Crippen molar-refractivity contribution in [2.75, 3.05) is 20.3 Å². The van der Waals surface area contributed by atoms with Crippen molar-refractivity contribution in [2.24, 2.45) is 0 Å². The van der Waals surface area contributed by atoms with E-state index in [1.807, 2.05) is 6.92 Å². The van der Waals surface area contributed by atoms with Crippen LogP contribution in [0.2, 0.25) is 10.0 Å². The van der Waals surface area contributed by atoms with Crippen LogP contribution in [0, 0.1) is 0 Å². The Labute approximate surface area is 199 Å². The largest absolute Gasteiger partial charge is 0.497 e. The van der Waals surface area contributed by atoms with Crippen LogP contribution < -0.4 is 14.8 Å². The minimum atomic E-state index is -0.631. The van der Waals surface area contributed by atoms with Crippen molar-refractivity contribution in [3.63, 3.8) is 0 Å². The van der Waals surface area contributed by atoms with E-state index in [1.165, 1.54) is 4.90 Å². The summed E-state index contributed by atoms with van der Waals surface area (Å²) in [5.41, 5.74) is 0.775.